The van der Waals surface area contributed by atoms with Crippen molar-refractivity contribution >= 4 is 22.5 Å². The summed E-state index contributed by atoms with van der Waals surface area (Å²) in [7, 11) is 0. The van der Waals surface area contributed by atoms with Crippen molar-refractivity contribution in [3.05, 3.63) is 65.9 Å². The smallest absolute Gasteiger partial charge is 0.255 e. The maximum atomic E-state index is 12.2. The van der Waals surface area contributed by atoms with Crippen LogP contribution in [0.5, 0.6) is 0 Å². The Morgan fingerprint density at radius 3 is 2.71 bits per heavy atom. The van der Waals surface area contributed by atoms with E-state index in [1.165, 1.54) is 5.56 Å². The number of hydrogen-bond donors (Lipinski definition) is 3. The zero-order valence-corrected chi connectivity index (χ0v) is 11.6. The fourth-order valence-electron chi connectivity index (χ4n) is 2.41. The standard InChI is InChI=1S/C17H17N3O/c18-9-8-13-11-19-16-7-6-14(10-15(13)16)20-17(21)12-4-2-1-3-5-12/h1-7,10-11,19H,8-9,18H2,(H,20,21). The zero-order chi connectivity index (χ0) is 14.7. The number of benzene rings is 2. The fourth-order valence-corrected chi connectivity index (χ4v) is 2.41. The molecule has 0 radical (unpaired) electrons. The predicted octanol–water partition coefficient (Wildman–Crippen LogP) is 2.92. The van der Waals surface area contributed by atoms with Crippen molar-refractivity contribution in [2.75, 3.05) is 11.9 Å². The zero-order valence-electron chi connectivity index (χ0n) is 11.6. The first-order valence-corrected chi connectivity index (χ1v) is 6.94. The number of rotatable bonds is 4. The van der Waals surface area contributed by atoms with Gasteiger partial charge in [-0.05, 0) is 48.9 Å². The Labute approximate surface area is 123 Å². The van der Waals surface area contributed by atoms with Gasteiger partial charge < -0.3 is 16.0 Å². The molecule has 4 heteroatoms. The van der Waals surface area contributed by atoms with Crippen molar-refractivity contribution in [1.29, 1.82) is 0 Å². The summed E-state index contributed by atoms with van der Waals surface area (Å²) in [5, 5.41) is 4.03. The van der Waals surface area contributed by atoms with Crippen LogP contribution < -0.4 is 11.1 Å². The molecule has 1 aromatic heterocycles. The molecule has 0 aliphatic heterocycles. The number of hydrogen-bond acceptors (Lipinski definition) is 2. The third kappa shape index (κ3) is 2.80. The molecule has 4 N–H and O–H groups in total. The highest BCUT2D eigenvalue weighted by atomic mass is 16.1. The summed E-state index contributed by atoms with van der Waals surface area (Å²) in [6.45, 7) is 0.605. The van der Waals surface area contributed by atoms with Crippen LogP contribution in [0.15, 0.2) is 54.7 Å². The molecule has 0 saturated heterocycles. The minimum Gasteiger partial charge on any atom is -0.361 e. The first kappa shape index (κ1) is 13.4. The molecule has 0 aliphatic rings. The highest BCUT2D eigenvalue weighted by Gasteiger charge is 2.08. The van der Waals surface area contributed by atoms with Gasteiger partial charge in [0, 0.05) is 28.4 Å². The van der Waals surface area contributed by atoms with E-state index in [9.17, 15) is 4.79 Å². The van der Waals surface area contributed by atoms with E-state index in [0.717, 1.165) is 23.0 Å². The molecular weight excluding hydrogens is 262 g/mol. The lowest BCUT2D eigenvalue weighted by molar-refractivity contribution is 0.102. The van der Waals surface area contributed by atoms with Gasteiger partial charge in [0.2, 0.25) is 0 Å². The number of fused-ring (bicyclic) bond motifs is 1. The molecule has 0 aliphatic carbocycles. The van der Waals surface area contributed by atoms with Crippen LogP contribution in [-0.4, -0.2) is 17.4 Å². The molecule has 3 aromatic rings. The van der Waals surface area contributed by atoms with E-state index >= 15 is 0 Å². The number of nitrogens with one attached hydrogen (secondary N) is 2. The van der Waals surface area contributed by atoms with Crippen LogP contribution in [0, 0.1) is 0 Å². The average Bonchev–Trinajstić information content (AvgIpc) is 2.91. The molecule has 106 valence electrons. The number of carbonyl (C=O) groups excluding carboxylic acids is 1. The first-order chi connectivity index (χ1) is 10.3. The Bertz CT molecular complexity index is 762. The Balaban J connectivity index is 1.87. The predicted molar refractivity (Wildman–Crippen MR) is 85.5 cm³/mol. The van der Waals surface area contributed by atoms with Gasteiger partial charge in [0.1, 0.15) is 0 Å². The number of anilines is 1. The maximum Gasteiger partial charge on any atom is 0.255 e. The minimum absolute atomic E-state index is 0.106. The van der Waals surface area contributed by atoms with Crippen molar-refractivity contribution < 1.29 is 4.79 Å². The van der Waals surface area contributed by atoms with Gasteiger partial charge in [-0.1, -0.05) is 18.2 Å². The fraction of sp³-hybridized carbons (Fsp3) is 0.118. The topological polar surface area (TPSA) is 70.9 Å². The Hall–Kier alpha value is -2.59. The van der Waals surface area contributed by atoms with Crippen molar-refractivity contribution in [2.24, 2.45) is 5.73 Å². The number of amides is 1. The number of carbonyl (C=O) groups is 1. The van der Waals surface area contributed by atoms with Crippen molar-refractivity contribution in [1.82, 2.24) is 4.98 Å². The summed E-state index contributed by atoms with van der Waals surface area (Å²) in [5.41, 5.74) is 9.28. The van der Waals surface area contributed by atoms with Crippen LogP contribution in [0.4, 0.5) is 5.69 Å². The first-order valence-electron chi connectivity index (χ1n) is 6.94. The Morgan fingerprint density at radius 2 is 1.95 bits per heavy atom. The third-order valence-corrected chi connectivity index (χ3v) is 3.47. The van der Waals surface area contributed by atoms with Crippen molar-refractivity contribution in [2.45, 2.75) is 6.42 Å². The molecule has 0 spiro atoms. The molecule has 0 fully saturated rings. The van der Waals surface area contributed by atoms with E-state index in [0.29, 0.717) is 12.1 Å². The number of H-pyrrole nitrogens is 1. The van der Waals surface area contributed by atoms with Crippen LogP contribution >= 0.6 is 0 Å². The van der Waals surface area contributed by atoms with Crippen LogP contribution in [0.25, 0.3) is 10.9 Å². The van der Waals surface area contributed by atoms with Crippen LogP contribution in [0.3, 0.4) is 0 Å². The summed E-state index contributed by atoms with van der Waals surface area (Å²) in [4.78, 5) is 15.4. The van der Waals surface area contributed by atoms with Crippen molar-refractivity contribution in [3.63, 3.8) is 0 Å². The number of nitrogens with two attached hydrogens (primary N) is 1. The van der Waals surface area contributed by atoms with E-state index in [1.54, 1.807) is 12.1 Å². The largest absolute Gasteiger partial charge is 0.361 e. The van der Waals surface area contributed by atoms with E-state index in [2.05, 4.69) is 10.3 Å². The van der Waals surface area contributed by atoms with E-state index < -0.39 is 0 Å². The van der Waals surface area contributed by atoms with Crippen LogP contribution in [-0.2, 0) is 6.42 Å². The molecule has 4 nitrogen and oxygen atoms in total. The van der Waals surface area contributed by atoms with Gasteiger partial charge in [-0.3, -0.25) is 4.79 Å². The lowest BCUT2D eigenvalue weighted by Crippen LogP contribution is -2.11. The molecule has 0 atom stereocenters. The summed E-state index contributed by atoms with van der Waals surface area (Å²) < 4.78 is 0. The van der Waals surface area contributed by atoms with Gasteiger partial charge in [-0.2, -0.15) is 0 Å². The molecule has 3 rings (SSSR count). The molecule has 2 aromatic carbocycles. The molecule has 1 heterocycles. The van der Waals surface area contributed by atoms with Gasteiger partial charge in [0.15, 0.2) is 0 Å². The second kappa shape index (κ2) is 5.81. The van der Waals surface area contributed by atoms with E-state index in [-0.39, 0.29) is 5.91 Å². The second-order valence-corrected chi connectivity index (χ2v) is 4.93. The normalized spacial score (nSPS) is 10.7. The molecular formula is C17H17N3O. The summed E-state index contributed by atoms with van der Waals surface area (Å²) in [6, 6.07) is 15.0. The van der Waals surface area contributed by atoms with Gasteiger partial charge in [0.05, 0.1) is 0 Å². The molecule has 0 bridgehead atoms. The summed E-state index contributed by atoms with van der Waals surface area (Å²) >= 11 is 0. The van der Waals surface area contributed by atoms with E-state index in [4.69, 9.17) is 5.73 Å². The molecule has 1 amide bonds. The van der Waals surface area contributed by atoms with Gasteiger partial charge in [0.25, 0.3) is 5.91 Å². The Kier molecular flexibility index (Phi) is 3.71. The lowest BCUT2D eigenvalue weighted by Gasteiger charge is -2.06. The number of aromatic nitrogens is 1. The SMILES string of the molecule is NCCc1c[nH]c2ccc(NC(=O)c3ccccc3)cc12. The molecule has 0 saturated carbocycles. The van der Waals surface area contributed by atoms with Crippen LogP contribution in [0.1, 0.15) is 15.9 Å². The maximum absolute atomic E-state index is 12.2. The highest BCUT2D eigenvalue weighted by Crippen LogP contribution is 2.23. The quantitative estimate of drug-likeness (QED) is 0.687. The molecule has 0 unspecified atom stereocenters. The number of aromatic amines is 1. The monoisotopic (exact) mass is 279 g/mol. The third-order valence-electron chi connectivity index (χ3n) is 3.47. The van der Waals surface area contributed by atoms with Crippen LogP contribution in [0.2, 0.25) is 0 Å². The minimum atomic E-state index is -0.106. The van der Waals surface area contributed by atoms with Gasteiger partial charge in [-0.15, -0.1) is 0 Å². The van der Waals surface area contributed by atoms with E-state index in [1.807, 2.05) is 42.6 Å². The summed E-state index contributed by atoms with van der Waals surface area (Å²) in [6.07, 6.45) is 2.79. The van der Waals surface area contributed by atoms with Gasteiger partial charge >= 0.3 is 0 Å². The summed E-state index contributed by atoms with van der Waals surface area (Å²) in [5.74, 6) is -0.106. The van der Waals surface area contributed by atoms with Crippen molar-refractivity contribution in [3.8, 4) is 0 Å². The average molecular weight is 279 g/mol. The molecule has 21 heavy (non-hydrogen) atoms. The Morgan fingerprint density at radius 1 is 1.14 bits per heavy atom. The highest BCUT2D eigenvalue weighted by molar-refractivity contribution is 6.05. The second-order valence-electron chi connectivity index (χ2n) is 4.93. The lowest BCUT2D eigenvalue weighted by atomic mass is 10.1. The van der Waals surface area contributed by atoms with Gasteiger partial charge in [-0.25, -0.2) is 0 Å².